The van der Waals surface area contributed by atoms with Gasteiger partial charge in [-0.3, -0.25) is 9.58 Å². The lowest BCUT2D eigenvalue weighted by Crippen LogP contribution is -2.41. The fraction of sp³-hybridized carbons (Fsp3) is 0.444. The van der Waals surface area contributed by atoms with Crippen LogP contribution < -0.4 is 5.32 Å². The second-order valence-corrected chi connectivity index (χ2v) is 6.96. The monoisotopic (exact) mass is 356 g/mol. The van der Waals surface area contributed by atoms with Crippen molar-refractivity contribution in [3.8, 4) is 0 Å². The van der Waals surface area contributed by atoms with Crippen LogP contribution in [0.4, 0.5) is 5.69 Å². The summed E-state index contributed by atoms with van der Waals surface area (Å²) in [5, 5.41) is 28.2. The lowest BCUT2D eigenvalue weighted by atomic mass is 10.2. The van der Waals surface area contributed by atoms with Crippen LogP contribution in [0, 0.1) is 0 Å². The number of anilines is 1. The molecule has 3 N–H and O–H groups in total. The largest absolute Gasteiger partial charge is 0.389 e. The molecule has 1 saturated heterocycles. The van der Waals surface area contributed by atoms with Crippen LogP contribution in [-0.4, -0.2) is 81.2 Å². The first kappa shape index (κ1) is 17.0. The van der Waals surface area contributed by atoms with E-state index in [2.05, 4.69) is 31.3 Å². The third kappa shape index (κ3) is 3.18. The Morgan fingerprint density at radius 3 is 2.73 bits per heavy atom. The van der Waals surface area contributed by atoms with E-state index >= 15 is 0 Å². The standard InChI is InChI=1S/C18H24N6O2/c1-22-14(9-24-10-16(25)17(26)11-24)5-6-19-18(22)21-13-3-4-15-12(7-13)8-20-23(15)2/h3-8,16-18,21,25-26H,9-11H2,1-2H3. The van der Waals surface area contributed by atoms with Gasteiger partial charge in [0.05, 0.1) is 23.9 Å². The first-order chi connectivity index (χ1) is 12.5. The number of aryl methyl sites for hydroxylation is 1. The van der Waals surface area contributed by atoms with Gasteiger partial charge in [-0.25, -0.2) is 4.99 Å². The molecule has 2 aliphatic rings. The molecule has 1 fully saturated rings. The highest BCUT2D eigenvalue weighted by atomic mass is 16.3. The van der Waals surface area contributed by atoms with Gasteiger partial charge < -0.3 is 20.4 Å². The molecule has 0 bridgehead atoms. The van der Waals surface area contributed by atoms with Crippen LogP contribution in [0.2, 0.25) is 0 Å². The lowest BCUT2D eigenvalue weighted by Gasteiger charge is -2.34. The van der Waals surface area contributed by atoms with Crippen molar-refractivity contribution in [2.24, 2.45) is 12.0 Å². The van der Waals surface area contributed by atoms with E-state index in [0.29, 0.717) is 19.6 Å². The Labute approximate surface area is 152 Å². The molecule has 3 unspecified atom stereocenters. The van der Waals surface area contributed by atoms with Gasteiger partial charge in [0, 0.05) is 56.7 Å². The van der Waals surface area contributed by atoms with Crippen LogP contribution in [0.15, 0.2) is 41.2 Å². The average Bonchev–Trinajstić information content (AvgIpc) is 3.13. The molecule has 26 heavy (non-hydrogen) atoms. The Bertz CT molecular complexity index is 850. The summed E-state index contributed by atoms with van der Waals surface area (Å²) in [6, 6.07) is 6.14. The lowest BCUT2D eigenvalue weighted by molar-refractivity contribution is 0.0572. The number of rotatable bonds is 4. The molecule has 0 spiro atoms. The molecule has 3 heterocycles. The predicted octanol–water partition coefficient (Wildman–Crippen LogP) is 0.206. The number of likely N-dealkylation sites (N-methyl/N-ethyl adjacent to an activating group) is 1. The Hall–Kier alpha value is -2.42. The number of benzene rings is 1. The van der Waals surface area contributed by atoms with Crippen molar-refractivity contribution in [2.45, 2.75) is 18.5 Å². The third-order valence-corrected chi connectivity index (χ3v) is 5.08. The van der Waals surface area contributed by atoms with Gasteiger partial charge in [-0.2, -0.15) is 5.10 Å². The molecular weight excluding hydrogens is 332 g/mol. The maximum Gasteiger partial charge on any atom is 0.196 e. The number of aliphatic hydroxyl groups is 2. The van der Waals surface area contributed by atoms with Crippen LogP contribution in [-0.2, 0) is 7.05 Å². The molecule has 8 heteroatoms. The number of nitrogens with one attached hydrogen (secondary N) is 1. The summed E-state index contributed by atoms with van der Waals surface area (Å²) in [5.41, 5.74) is 3.15. The number of hydrogen-bond donors (Lipinski definition) is 3. The van der Waals surface area contributed by atoms with Gasteiger partial charge in [0.1, 0.15) is 0 Å². The van der Waals surface area contributed by atoms with E-state index < -0.39 is 12.2 Å². The first-order valence-corrected chi connectivity index (χ1v) is 8.73. The molecule has 1 aromatic heterocycles. The van der Waals surface area contributed by atoms with Gasteiger partial charge in [-0.05, 0) is 24.3 Å². The van der Waals surface area contributed by atoms with E-state index in [1.807, 2.05) is 43.2 Å². The van der Waals surface area contributed by atoms with Crippen LogP contribution in [0.1, 0.15) is 0 Å². The summed E-state index contributed by atoms with van der Waals surface area (Å²) in [6.45, 7) is 1.63. The Morgan fingerprint density at radius 1 is 1.19 bits per heavy atom. The SMILES string of the molecule is CN1C(CN2CC(O)C(O)C2)=CC=NC1Nc1ccc2c(cnn2C)c1. The minimum absolute atomic E-state index is 0.207. The van der Waals surface area contributed by atoms with Crippen LogP contribution in [0.5, 0.6) is 0 Å². The van der Waals surface area contributed by atoms with Gasteiger partial charge in [-0.1, -0.05) is 0 Å². The van der Waals surface area contributed by atoms with E-state index in [-0.39, 0.29) is 6.29 Å². The van der Waals surface area contributed by atoms with Crippen LogP contribution in [0.25, 0.3) is 10.9 Å². The minimum atomic E-state index is -0.668. The maximum atomic E-state index is 9.73. The predicted molar refractivity (Wildman–Crippen MR) is 101 cm³/mol. The molecule has 0 radical (unpaired) electrons. The normalized spacial score (nSPS) is 26.5. The molecule has 138 valence electrons. The summed E-state index contributed by atoms with van der Waals surface area (Å²) >= 11 is 0. The van der Waals surface area contributed by atoms with E-state index in [4.69, 9.17) is 0 Å². The highest BCUT2D eigenvalue weighted by molar-refractivity contribution is 5.82. The topological polar surface area (TPSA) is 89.2 Å². The number of fused-ring (bicyclic) bond motifs is 1. The molecule has 8 nitrogen and oxygen atoms in total. The summed E-state index contributed by atoms with van der Waals surface area (Å²) in [5.74, 6) is 0. The number of allylic oxidation sites excluding steroid dienone is 1. The third-order valence-electron chi connectivity index (χ3n) is 5.08. The number of aliphatic imine (C=N–C) groups is 1. The maximum absolute atomic E-state index is 9.73. The van der Waals surface area contributed by atoms with E-state index in [1.54, 1.807) is 6.21 Å². The summed E-state index contributed by atoms with van der Waals surface area (Å²) in [4.78, 5) is 8.65. The fourth-order valence-electron chi connectivity index (χ4n) is 3.49. The molecule has 3 atom stereocenters. The van der Waals surface area contributed by atoms with Crippen molar-refractivity contribution in [3.63, 3.8) is 0 Å². The zero-order chi connectivity index (χ0) is 18.3. The molecule has 0 saturated carbocycles. The highest BCUT2D eigenvalue weighted by Gasteiger charge is 2.31. The van der Waals surface area contributed by atoms with Gasteiger partial charge in [0.2, 0.25) is 0 Å². The Kier molecular flexibility index (Phi) is 4.39. The second-order valence-electron chi connectivity index (χ2n) is 6.96. The van der Waals surface area contributed by atoms with Crippen LogP contribution in [0.3, 0.4) is 0 Å². The Morgan fingerprint density at radius 2 is 1.96 bits per heavy atom. The van der Waals surface area contributed by atoms with Gasteiger partial charge in [-0.15, -0.1) is 0 Å². The quantitative estimate of drug-likeness (QED) is 0.726. The zero-order valence-electron chi connectivity index (χ0n) is 14.9. The molecule has 2 aromatic rings. The van der Waals surface area contributed by atoms with Gasteiger partial charge >= 0.3 is 0 Å². The fourth-order valence-corrected chi connectivity index (χ4v) is 3.49. The molecule has 4 rings (SSSR count). The summed E-state index contributed by atoms with van der Waals surface area (Å²) < 4.78 is 1.85. The van der Waals surface area contributed by atoms with E-state index in [0.717, 1.165) is 22.3 Å². The van der Waals surface area contributed by atoms with E-state index in [1.165, 1.54) is 0 Å². The summed E-state index contributed by atoms with van der Waals surface area (Å²) in [6.07, 6.45) is 4.08. The number of aromatic nitrogens is 2. The smallest absolute Gasteiger partial charge is 0.196 e. The number of aliphatic hydroxyl groups excluding tert-OH is 2. The van der Waals surface area contributed by atoms with Crippen molar-refractivity contribution < 1.29 is 10.2 Å². The van der Waals surface area contributed by atoms with E-state index in [9.17, 15) is 10.2 Å². The molecular formula is C18H24N6O2. The van der Waals surface area contributed by atoms with Crippen LogP contribution >= 0.6 is 0 Å². The van der Waals surface area contributed by atoms with Crippen molar-refractivity contribution >= 4 is 22.8 Å². The molecule has 0 aliphatic carbocycles. The van der Waals surface area contributed by atoms with Crippen molar-refractivity contribution in [3.05, 3.63) is 36.2 Å². The van der Waals surface area contributed by atoms with Crippen molar-refractivity contribution in [1.82, 2.24) is 19.6 Å². The van der Waals surface area contributed by atoms with Crippen molar-refractivity contribution in [2.75, 3.05) is 32.0 Å². The van der Waals surface area contributed by atoms with Gasteiger partial charge in [0.25, 0.3) is 0 Å². The Balaban J connectivity index is 1.44. The molecule has 1 aromatic carbocycles. The second kappa shape index (κ2) is 6.71. The highest BCUT2D eigenvalue weighted by Crippen LogP contribution is 2.22. The first-order valence-electron chi connectivity index (χ1n) is 8.73. The number of β-amino-alcohol motifs (C(OH)–C–C–N with tert-alkyl or cyclic N) is 2. The molecule has 2 aliphatic heterocycles. The van der Waals surface area contributed by atoms with Crippen molar-refractivity contribution in [1.29, 1.82) is 0 Å². The average molecular weight is 356 g/mol. The number of nitrogens with zero attached hydrogens (tertiary/aromatic N) is 5. The minimum Gasteiger partial charge on any atom is -0.389 e. The number of hydrogen-bond acceptors (Lipinski definition) is 7. The van der Waals surface area contributed by atoms with Gasteiger partial charge in [0.15, 0.2) is 6.29 Å². The summed E-state index contributed by atoms with van der Waals surface area (Å²) in [7, 11) is 3.92. The molecule has 0 amide bonds. The zero-order valence-corrected chi connectivity index (χ0v) is 14.9. The number of likely N-dealkylation sites (tertiary alicyclic amines) is 1.